The van der Waals surface area contributed by atoms with E-state index in [-0.39, 0.29) is 0 Å². The number of aryl methyl sites for hydroxylation is 1. The number of piperidine rings is 1. The molecule has 3 aliphatic heterocycles. The third-order valence-electron chi connectivity index (χ3n) is 6.68. The normalized spacial score (nSPS) is 23.3. The van der Waals surface area contributed by atoms with E-state index in [0.717, 1.165) is 39.5 Å². The minimum absolute atomic E-state index is 0.407. The topological polar surface area (TPSA) is 99.5 Å². The summed E-state index contributed by atoms with van der Waals surface area (Å²) in [5.41, 5.74) is 2.75. The molecular formula is C25H34F6N2O6. The van der Waals surface area contributed by atoms with Crippen molar-refractivity contribution in [3.8, 4) is 0 Å². The number of hydrogen-bond donors (Lipinski definition) is 2. The van der Waals surface area contributed by atoms with E-state index in [2.05, 4.69) is 41.0 Å². The Bertz CT molecular complexity index is 882. The minimum Gasteiger partial charge on any atom is -0.475 e. The van der Waals surface area contributed by atoms with Crippen LogP contribution >= 0.6 is 0 Å². The summed E-state index contributed by atoms with van der Waals surface area (Å²) in [5.74, 6) is -4.82. The van der Waals surface area contributed by atoms with Gasteiger partial charge in [0, 0.05) is 51.4 Å². The molecule has 3 heterocycles. The summed E-state index contributed by atoms with van der Waals surface area (Å²) >= 11 is 0. The highest BCUT2D eigenvalue weighted by molar-refractivity contribution is 5.73. The van der Waals surface area contributed by atoms with Crippen LogP contribution in [0.5, 0.6) is 0 Å². The van der Waals surface area contributed by atoms with Crippen molar-refractivity contribution in [1.29, 1.82) is 0 Å². The van der Waals surface area contributed by atoms with Crippen molar-refractivity contribution in [2.24, 2.45) is 5.92 Å². The Balaban J connectivity index is 0.000000317. The van der Waals surface area contributed by atoms with E-state index in [1.54, 1.807) is 0 Å². The zero-order valence-electron chi connectivity index (χ0n) is 21.5. The lowest BCUT2D eigenvalue weighted by Gasteiger charge is -2.39. The predicted octanol–water partition coefficient (Wildman–Crippen LogP) is 3.96. The van der Waals surface area contributed by atoms with E-state index in [1.807, 2.05) is 0 Å². The van der Waals surface area contributed by atoms with Crippen molar-refractivity contribution in [3.05, 3.63) is 35.4 Å². The molecule has 222 valence electrons. The highest BCUT2D eigenvalue weighted by Crippen LogP contribution is 2.27. The zero-order chi connectivity index (χ0) is 29.2. The van der Waals surface area contributed by atoms with Gasteiger partial charge in [-0.1, -0.05) is 29.8 Å². The van der Waals surface area contributed by atoms with Crippen molar-refractivity contribution >= 4 is 11.9 Å². The van der Waals surface area contributed by atoms with Gasteiger partial charge in [-0.3, -0.25) is 9.80 Å². The molecule has 8 nitrogen and oxygen atoms in total. The molecule has 1 aromatic carbocycles. The van der Waals surface area contributed by atoms with E-state index in [1.165, 1.54) is 43.5 Å². The van der Waals surface area contributed by atoms with Gasteiger partial charge in [-0.15, -0.1) is 0 Å². The molecule has 0 aliphatic carbocycles. The molecule has 3 fully saturated rings. The van der Waals surface area contributed by atoms with Crippen LogP contribution in [0.15, 0.2) is 24.3 Å². The number of likely N-dealkylation sites (tertiary alicyclic amines) is 1. The van der Waals surface area contributed by atoms with E-state index >= 15 is 0 Å². The van der Waals surface area contributed by atoms with Gasteiger partial charge in [0.05, 0.1) is 12.7 Å². The number of ether oxygens (including phenoxy) is 2. The molecular weight excluding hydrogens is 538 g/mol. The van der Waals surface area contributed by atoms with Gasteiger partial charge in [0.2, 0.25) is 0 Å². The maximum atomic E-state index is 10.6. The molecule has 0 saturated carbocycles. The van der Waals surface area contributed by atoms with Gasteiger partial charge >= 0.3 is 24.3 Å². The Morgan fingerprint density at radius 3 is 1.92 bits per heavy atom. The lowest BCUT2D eigenvalue weighted by molar-refractivity contribution is -0.193. The van der Waals surface area contributed by atoms with Crippen molar-refractivity contribution < 1.29 is 55.6 Å². The number of rotatable bonds is 3. The van der Waals surface area contributed by atoms with Gasteiger partial charge < -0.3 is 19.7 Å². The zero-order valence-corrected chi connectivity index (χ0v) is 21.5. The molecule has 1 aromatic rings. The number of benzene rings is 1. The lowest BCUT2D eigenvalue weighted by Crippen LogP contribution is -2.48. The summed E-state index contributed by atoms with van der Waals surface area (Å²) in [6, 6.07) is 9.68. The summed E-state index contributed by atoms with van der Waals surface area (Å²) < 4.78 is 75.3. The Hall–Kier alpha value is -2.42. The van der Waals surface area contributed by atoms with Crippen LogP contribution < -0.4 is 0 Å². The van der Waals surface area contributed by atoms with Crippen LogP contribution in [0.2, 0.25) is 0 Å². The molecule has 4 rings (SSSR count). The molecule has 0 amide bonds. The maximum Gasteiger partial charge on any atom is 0.490 e. The smallest absolute Gasteiger partial charge is 0.475 e. The number of carboxylic acids is 2. The van der Waals surface area contributed by atoms with Crippen LogP contribution in [-0.4, -0.2) is 102 Å². The fourth-order valence-corrected chi connectivity index (χ4v) is 4.62. The Morgan fingerprint density at radius 2 is 1.41 bits per heavy atom. The molecule has 0 aromatic heterocycles. The fourth-order valence-electron chi connectivity index (χ4n) is 4.62. The average molecular weight is 573 g/mol. The molecule has 14 heteroatoms. The first-order valence-electron chi connectivity index (χ1n) is 12.5. The third kappa shape index (κ3) is 11.7. The fraction of sp³-hybridized carbons (Fsp3) is 0.680. The monoisotopic (exact) mass is 572 g/mol. The average Bonchev–Trinajstić information content (AvgIpc) is 3.08. The number of hydrogen-bond acceptors (Lipinski definition) is 6. The van der Waals surface area contributed by atoms with Crippen LogP contribution in [0.3, 0.4) is 0 Å². The summed E-state index contributed by atoms with van der Waals surface area (Å²) in [4.78, 5) is 23.1. The van der Waals surface area contributed by atoms with Gasteiger partial charge in [0.25, 0.3) is 0 Å². The highest BCUT2D eigenvalue weighted by atomic mass is 19.4. The Kier molecular flexibility index (Phi) is 12.5. The van der Waals surface area contributed by atoms with Crippen molar-refractivity contribution in [2.45, 2.75) is 57.2 Å². The number of nitrogens with zero attached hydrogens (tertiary/aromatic N) is 2. The second-order valence-corrected chi connectivity index (χ2v) is 9.62. The SMILES string of the molecule is Cc1ccc(CN2CC[C@@H]3CN(C4CCOCC4)CCO[C@@H]3C2)cc1.O=C(O)C(F)(F)F.O=C(O)C(F)(F)F. The predicted molar refractivity (Wildman–Crippen MR) is 127 cm³/mol. The molecule has 0 unspecified atom stereocenters. The molecule has 3 aliphatic rings. The molecule has 0 spiro atoms. The second kappa shape index (κ2) is 14.8. The van der Waals surface area contributed by atoms with E-state index in [0.29, 0.717) is 18.1 Å². The molecule has 0 bridgehead atoms. The van der Waals surface area contributed by atoms with Crippen molar-refractivity contribution in [2.75, 3.05) is 46.0 Å². The first-order valence-corrected chi connectivity index (χ1v) is 12.5. The number of aliphatic carboxylic acids is 2. The largest absolute Gasteiger partial charge is 0.490 e. The second-order valence-electron chi connectivity index (χ2n) is 9.62. The maximum absolute atomic E-state index is 10.6. The van der Waals surface area contributed by atoms with Crippen LogP contribution in [-0.2, 0) is 25.6 Å². The highest BCUT2D eigenvalue weighted by Gasteiger charge is 2.39. The molecule has 2 atom stereocenters. The van der Waals surface area contributed by atoms with Crippen LogP contribution in [0.25, 0.3) is 0 Å². The summed E-state index contributed by atoms with van der Waals surface area (Å²) in [5, 5.41) is 14.2. The van der Waals surface area contributed by atoms with E-state index in [9.17, 15) is 26.3 Å². The van der Waals surface area contributed by atoms with Gasteiger partial charge in [-0.05, 0) is 38.3 Å². The third-order valence-corrected chi connectivity index (χ3v) is 6.68. The quantitative estimate of drug-likeness (QED) is 0.526. The number of alkyl halides is 6. The minimum atomic E-state index is -5.08. The molecule has 0 radical (unpaired) electrons. The summed E-state index contributed by atoms with van der Waals surface area (Å²) in [7, 11) is 0. The first kappa shape index (κ1) is 32.8. The molecule has 2 N–H and O–H groups in total. The van der Waals surface area contributed by atoms with E-state index < -0.39 is 24.3 Å². The van der Waals surface area contributed by atoms with Crippen LogP contribution in [0.4, 0.5) is 26.3 Å². The van der Waals surface area contributed by atoms with Crippen molar-refractivity contribution in [1.82, 2.24) is 9.80 Å². The number of carbonyl (C=O) groups is 2. The first-order chi connectivity index (χ1) is 18.2. The van der Waals surface area contributed by atoms with Gasteiger partial charge in [0.15, 0.2) is 0 Å². The van der Waals surface area contributed by atoms with Crippen LogP contribution in [0.1, 0.15) is 30.4 Å². The summed E-state index contributed by atoms with van der Waals surface area (Å²) in [6.07, 6.45) is -6.12. The Labute approximate surface area is 222 Å². The molecule has 39 heavy (non-hydrogen) atoms. The van der Waals surface area contributed by atoms with Gasteiger partial charge in [-0.2, -0.15) is 26.3 Å². The number of carboxylic acid groups (broad SMARTS) is 2. The standard InChI is InChI=1S/C21H32N2O2.2C2HF3O2/c1-17-2-4-18(5-3-17)14-22-9-6-19-15-23(10-13-25-21(19)16-22)20-7-11-24-12-8-20;2*3-2(4,5)1(6)7/h2-5,19-21H,6-16H2,1H3;2*(H,6,7)/t19-,21-;;/m1../s1. The number of halogens is 6. The Morgan fingerprint density at radius 1 is 0.872 bits per heavy atom. The lowest BCUT2D eigenvalue weighted by atomic mass is 9.92. The van der Waals surface area contributed by atoms with Crippen LogP contribution in [0, 0.1) is 12.8 Å². The van der Waals surface area contributed by atoms with Gasteiger partial charge in [-0.25, -0.2) is 9.59 Å². The summed E-state index contributed by atoms with van der Waals surface area (Å²) in [6.45, 7) is 10.5. The van der Waals surface area contributed by atoms with Gasteiger partial charge in [0.1, 0.15) is 0 Å². The molecule has 3 saturated heterocycles. The van der Waals surface area contributed by atoms with Crippen molar-refractivity contribution in [3.63, 3.8) is 0 Å². The van der Waals surface area contributed by atoms with E-state index in [4.69, 9.17) is 29.3 Å². The number of fused-ring (bicyclic) bond motifs is 1.